The fourth-order valence-electron chi connectivity index (χ4n) is 4.82. The summed E-state index contributed by atoms with van der Waals surface area (Å²) in [6, 6.07) is 7.77. The number of aromatic nitrogens is 2. The zero-order valence-corrected chi connectivity index (χ0v) is 22.4. The zero-order chi connectivity index (χ0) is 26.7. The van der Waals surface area contributed by atoms with Gasteiger partial charge >= 0.3 is 6.09 Å². The number of anilines is 2. The number of nitrogens with zero attached hydrogens (tertiary/aromatic N) is 4. The highest BCUT2D eigenvalue weighted by molar-refractivity contribution is 6.02. The molecule has 0 bridgehead atoms. The summed E-state index contributed by atoms with van der Waals surface area (Å²) in [7, 11) is 0. The lowest BCUT2D eigenvalue weighted by Crippen LogP contribution is -2.54. The summed E-state index contributed by atoms with van der Waals surface area (Å²) in [6.45, 7) is 12.5. The number of aryl methyl sites for hydroxylation is 1. The van der Waals surface area contributed by atoms with Crippen LogP contribution in [0.2, 0.25) is 0 Å². The number of nitrogens with one attached hydrogen (secondary N) is 2. The van der Waals surface area contributed by atoms with Gasteiger partial charge in [0.05, 0.1) is 12.1 Å². The minimum Gasteiger partial charge on any atom is -0.444 e. The molecule has 3 heterocycles. The molecule has 200 valence electrons. The molecule has 0 radical (unpaired) electrons. The van der Waals surface area contributed by atoms with Gasteiger partial charge < -0.3 is 29.7 Å². The number of amides is 3. The zero-order valence-electron chi connectivity index (χ0n) is 22.4. The minimum atomic E-state index is -0.563. The predicted molar refractivity (Wildman–Crippen MR) is 142 cm³/mol. The molecule has 10 nitrogen and oxygen atoms in total. The van der Waals surface area contributed by atoms with Crippen LogP contribution in [0.4, 0.5) is 16.2 Å². The van der Waals surface area contributed by atoms with Gasteiger partial charge in [-0.3, -0.25) is 9.59 Å². The largest absolute Gasteiger partial charge is 0.444 e. The summed E-state index contributed by atoms with van der Waals surface area (Å²) in [5, 5.41) is 2.87. The molecule has 2 fully saturated rings. The molecule has 2 saturated heterocycles. The fraction of sp³-hybridized carbons (Fsp3) is 0.556. The lowest BCUT2D eigenvalue weighted by atomic mass is 9.92. The average molecular weight is 511 g/mol. The van der Waals surface area contributed by atoms with Gasteiger partial charge in [-0.2, -0.15) is 0 Å². The highest BCUT2D eigenvalue weighted by Gasteiger charge is 2.37. The first-order valence-electron chi connectivity index (χ1n) is 13.0. The second-order valence-electron chi connectivity index (χ2n) is 11.0. The summed E-state index contributed by atoms with van der Waals surface area (Å²) < 4.78 is 5.57. The average Bonchev–Trinajstić information content (AvgIpc) is 3.30. The Balaban J connectivity index is 1.28. The summed E-state index contributed by atoms with van der Waals surface area (Å²) in [6.07, 6.45) is 2.74. The maximum absolute atomic E-state index is 13.3. The lowest BCUT2D eigenvalue weighted by Gasteiger charge is -2.41. The van der Waals surface area contributed by atoms with E-state index in [4.69, 9.17) is 4.74 Å². The Labute approximate surface area is 218 Å². The van der Waals surface area contributed by atoms with Crippen molar-refractivity contribution in [1.29, 1.82) is 0 Å². The van der Waals surface area contributed by atoms with Gasteiger partial charge in [-0.25, -0.2) is 9.78 Å². The Bertz CT molecular complexity index is 1110. The third kappa shape index (κ3) is 6.61. The van der Waals surface area contributed by atoms with Crippen LogP contribution >= 0.6 is 0 Å². The van der Waals surface area contributed by atoms with Gasteiger partial charge in [0.15, 0.2) is 0 Å². The number of piperidine rings is 1. The first-order valence-corrected chi connectivity index (χ1v) is 13.0. The molecule has 2 N–H and O–H groups in total. The van der Waals surface area contributed by atoms with Crippen molar-refractivity contribution in [3.8, 4) is 0 Å². The predicted octanol–water partition coefficient (Wildman–Crippen LogP) is 3.65. The van der Waals surface area contributed by atoms with E-state index < -0.39 is 5.60 Å². The number of H-pyrrole nitrogens is 1. The number of likely N-dealkylation sites (tertiary alicyclic amines) is 1. The molecular formula is C27H38N6O4. The SMILES string of the molecule is Cc1ncc(C(=O)Nc2ccc(N3CCN(C(=O)[C@H]4CC[C@H](C)N(C(=O)OC(C)(C)C)C4)CC3)cc2)[nH]1. The third-order valence-corrected chi connectivity index (χ3v) is 6.89. The van der Waals surface area contributed by atoms with Crippen molar-refractivity contribution >= 4 is 29.3 Å². The summed E-state index contributed by atoms with van der Waals surface area (Å²) in [5.41, 5.74) is 1.61. The van der Waals surface area contributed by atoms with Gasteiger partial charge in [-0.15, -0.1) is 0 Å². The van der Waals surface area contributed by atoms with E-state index in [0.29, 0.717) is 36.8 Å². The number of carbonyl (C=O) groups excluding carboxylic acids is 3. The molecule has 0 saturated carbocycles. The molecule has 2 aliphatic heterocycles. The Morgan fingerprint density at radius 2 is 1.73 bits per heavy atom. The molecule has 1 aromatic carbocycles. The molecule has 2 aromatic rings. The number of carbonyl (C=O) groups is 3. The highest BCUT2D eigenvalue weighted by atomic mass is 16.6. The van der Waals surface area contributed by atoms with Crippen molar-refractivity contribution in [2.24, 2.45) is 5.92 Å². The molecule has 1 aromatic heterocycles. The maximum Gasteiger partial charge on any atom is 0.410 e. The quantitative estimate of drug-likeness (QED) is 0.650. The van der Waals surface area contributed by atoms with Crippen LogP contribution in [0.1, 0.15) is 56.8 Å². The number of piperazine rings is 1. The van der Waals surface area contributed by atoms with E-state index in [2.05, 4.69) is 20.2 Å². The number of hydrogen-bond donors (Lipinski definition) is 2. The second kappa shape index (κ2) is 10.8. The standard InChI is InChI=1S/C27H38N6O4/c1-18-6-7-20(17-33(18)26(36)37-27(3,4)5)25(35)32-14-12-31(13-15-32)22-10-8-21(9-11-22)30-24(34)23-16-28-19(2)29-23/h8-11,16,18,20H,6-7,12-15,17H2,1-5H3,(H,28,29)(H,30,34)/t18-,20-/m0/s1. The van der Waals surface area contributed by atoms with Gasteiger partial charge in [0.25, 0.3) is 5.91 Å². The molecule has 37 heavy (non-hydrogen) atoms. The highest BCUT2D eigenvalue weighted by Crippen LogP contribution is 2.27. The number of aromatic amines is 1. The number of imidazole rings is 1. The van der Waals surface area contributed by atoms with E-state index >= 15 is 0 Å². The Morgan fingerprint density at radius 1 is 1.05 bits per heavy atom. The van der Waals surface area contributed by atoms with Crippen LogP contribution < -0.4 is 10.2 Å². The summed E-state index contributed by atoms with van der Waals surface area (Å²) in [4.78, 5) is 51.1. The molecule has 10 heteroatoms. The van der Waals surface area contributed by atoms with Crippen molar-refractivity contribution < 1.29 is 19.1 Å². The monoisotopic (exact) mass is 510 g/mol. The number of rotatable bonds is 4. The van der Waals surface area contributed by atoms with Gasteiger partial charge in [0, 0.05) is 50.1 Å². The van der Waals surface area contributed by atoms with E-state index in [1.807, 2.05) is 56.9 Å². The lowest BCUT2D eigenvalue weighted by molar-refractivity contribution is -0.138. The van der Waals surface area contributed by atoms with Crippen LogP contribution in [0.5, 0.6) is 0 Å². The topological polar surface area (TPSA) is 111 Å². The Morgan fingerprint density at radius 3 is 2.32 bits per heavy atom. The third-order valence-electron chi connectivity index (χ3n) is 6.89. The molecular weight excluding hydrogens is 472 g/mol. The van der Waals surface area contributed by atoms with Crippen LogP contribution in [-0.2, 0) is 9.53 Å². The first kappa shape index (κ1) is 26.5. The van der Waals surface area contributed by atoms with Crippen molar-refractivity contribution in [3.05, 3.63) is 42.0 Å². The normalized spacial score (nSPS) is 20.5. The summed E-state index contributed by atoms with van der Waals surface area (Å²) in [5.74, 6) is 0.378. The van der Waals surface area contributed by atoms with Crippen LogP contribution in [0, 0.1) is 12.8 Å². The smallest absolute Gasteiger partial charge is 0.410 e. The van der Waals surface area contributed by atoms with E-state index in [-0.39, 0.29) is 29.9 Å². The summed E-state index contributed by atoms with van der Waals surface area (Å²) >= 11 is 0. The molecule has 0 aliphatic carbocycles. The van der Waals surface area contributed by atoms with Crippen LogP contribution in [0.25, 0.3) is 0 Å². The molecule has 0 spiro atoms. The fourth-order valence-corrected chi connectivity index (χ4v) is 4.82. The molecule has 2 aliphatic rings. The van der Waals surface area contributed by atoms with E-state index in [1.165, 1.54) is 6.20 Å². The Hall–Kier alpha value is -3.56. The van der Waals surface area contributed by atoms with Crippen molar-refractivity contribution in [1.82, 2.24) is 19.8 Å². The molecule has 3 amide bonds. The van der Waals surface area contributed by atoms with Crippen molar-refractivity contribution in [3.63, 3.8) is 0 Å². The van der Waals surface area contributed by atoms with E-state index in [0.717, 1.165) is 31.6 Å². The maximum atomic E-state index is 13.3. The molecule has 0 unspecified atom stereocenters. The first-order chi connectivity index (χ1) is 17.5. The van der Waals surface area contributed by atoms with Crippen LogP contribution in [0.3, 0.4) is 0 Å². The van der Waals surface area contributed by atoms with Gasteiger partial charge in [-0.1, -0.05) is 0 Å². The van der Waals surface area contributed by atoms with Gasteiger partial charge in [-0.05, 0) is 71.7 Å². The van der Waals surface area contributed by atoms with Crippen molar-refractivity contribution in [2.75, 3.05) is 42.9 Å². The Kier molecular flexibility index (Phi) is 7.75. The van der Waals surface area contributed by atoms with Crippen LogP contribution in [-0.4, -0.2) is 82.0 Å². The molecule has 4 rings (SSSR count). The van der Waals surface area contributed by atoms with E-state index in [1.54, 1.807) is 11.8 Å². The number of hydrogen-bond acceptors (Lipinski definition) is 6. The van der Waals surface area contributed by atoms with Crippen molar-refractivity contribution in [2.45, 2.75) is 59.1 Å². The number of ether oxygens (including phenoxy) is 1. The van der Waals surface area contributed by atoms with Gasteiger partial charge in [0.2, 0.25) is 5.91 Å². The van der Waals surface area contributed by atoms with Gasteiger partial charge in [0.1, 0.15) is 17.1 Å². The minimum absolute atomic E-state index is 0.0621. The number of benzene rings is 1. The van der Waals surface area contributed by atoms with Crippen LogP contribution in [0.15, 0.2) is 30.5 Å². The second-order valence-corrected chi connectivity index (χ2v) is 11.0. The molecule has 2 atom stereocenters. The van der Waals surface area contributed by atoms with E-state index in [9.17, 15) is 14.4 Å².